The summed E-state index contributed by atoms with van der Waals surface area (Å²) >= 11 is 0. The highest BCUT2D eigenvalue weighted by Gasteiger charge is 2.53. The van der Waals surface area contributed by atoms with E-state index in [4.69, 9.17) is 42.6 Å². The minimum atomic E-state index is -1.68. The standard InChI is InChI=1S/C59H101NO17/c1-10-12-14-16-18-20-22-24-25-26-27-28-30-32-34-36-38-40-52(72-45(5)63)58(68)60-50(54(73-46(6)64)51(71-44(4)62)39-37-35-33-31-29-23-21-19-17-15-13-11-2)41-70-59-57(76-49(9)67)56(75-48(8)66)55(74-47(7)65)53(77-59)42-69-43(3)61/h31,33,50-57,59H,10-30,32,34-42H2,1-9H3,(H,60,68)/b33-31-/t50-,51+,52+,53+,54-,55+,56-,57+,59+/m0/s1. The fourth-order valence-corrected chi connectivity index (χ4v) is 9.52. The zero-order chi connectivity index (χ0) is 57.2. The summed E-state index contributed by atoms with van der Waals surface area (Å²) in [6.07, 6.45) is 23.3. The van der Waals surface area contributed by atoms with Gasteiger partial charge in [-0.05, 0) is 44.9 Å². The van der Waals surface area contributed by atoms with E-state index in [1.54, 1.807) is 0 Å². The molecular formula is C59H101NO17. The largest absolute Gasteiger partial charge is 0.463 e. The average molecular weight is 1100 g/mol. The number of rotatable bonds is 45. The Hall–Kier alpha value is -4.58. The maximum absolute atomic E-state index is 14.4. The average Bonchev–Trinajstić information content (AvgIpc) is 3.35. The number of carbonyl (C=O) groups is 8. The number of unbranched alkanes of at least 4 members (excludes halogenated alkanes) is 24. The molecule has 0 aromatic carbocycles. The van der Waals surface area contributed by atoms with Gasteiger partial charge in [-0.1, -0.05) is 167 Å². The van der Waals surface area contributed by atoms with Gasteiger partial charge in [-0.3, -0.25) is 38.4 Å². The van der Waals surface area contributed by atoms with E-state index in [-0.39, 0.29) is 12.8 Å². The number of carbonyl (C=O) groups excluding carboxylic acids is 8. The lowest BCUT2D eigenvalue weighted by Gasteiger charge is -2.44. The molecule has 1 N–H and O–H groups in total. The first-order chi connectivity index (χ1) is 36.9. The Labute approximate surface area is 461 Å². The first-order valence-corrected chi connectivity index (χ1v) is 29.3. The van der Waals surface area contributed by atoms with Gasteiger partial charge in [0.2, 0.25) is 0 Å². The van der Waals surface area contributed by atoms with Crippen LogP contribution in [0.2, 0.25) is 0 Å². The van der Waals surface area contributed by atoms with E-state index in [0.717, 1.165) is 79.6 Å². The predicted octanol–water partition coefficient (Wildman–Crippen LogP) is 11.3. The van der Waals surface area contributed by atoms with E-state index in [1.807, 2.05) is 0 Å². The molecular weight excluding hydrogens is 995 g/mol. The zero-order valence-electron chi connectivity index (χ0n) is 48.7. The van der Waals surface area contributed by atoms with E-state index < -0.39 is 116 Å². The van der Waals surface area contributed by atoms with Gasteiger partial charge < -0.3 is 47.9 Å². The van der Waals surface area contributed by atoms with Crippen molar-refractivity contribution in [2.24, 2.45) is 0 Å². The summed E-state index contributed by atoms with van der Waals surface area (Å²) in [4.78, 5) is 102. The molecule has 1 amide bonds. The molecule has 0 bridgehead atoms. The highest BCUT2D eigenvalue weighted by atomic mass is 16.7. The van der Waals surface area contributed by atoms with Crippen LogP contribution >= 0.6 is 0 Å². The zero-order valence-corrected chi connectivity index (χ0v) is 48.7. The summed E-state index contributed by atoms with van der Waals surface area (Å²) in [6, 6.07) is -1.37. The van der Waals surface area contributed by atoms with Crippen LogP contribution in [0.3, 0.4) is 0 Å². The van der Waals surface area contributed by atoms with Gasteiger partial charge in [-0.15, -0.1) is 0 Å². The van der Waals surface area contributed by atoms with Crippen LogP contribution in [0.4, 0.5) is 0 Å². The number of hydrogen-bond acceptors (Lipinski definition) is 17. The SMILES string of the molecule is CCCCCCCCC/C=C\CCC[C@@H](OC(C)=O)[C@@H](OC(C)=O)[C@H](CO[C@@H]1O[C@H](COC(C)=O)[C@@H](OC(C)=O)[C@H](OC(C)=O)[C@H]1OC(C)=O)NC(=O)[C@@H](CCCCCCCCCCCCCCCCCCC)OC(C)=O. The molecule has 1 aliphatic rings. The molecule has 18 heteroatoms. The summed E-state index contributed by atoms with van der Waals surface area (Å²) in [5.74, 6) is -6.19. The Balaban J connectivity index is 3.43. The van der Waals surface area contributed by atoms with Crippen LogP contribution in [0.1, 0.15) is 249 Å². The molecule has 444 valence electrons. The highest BCUT2D eigenvalue weighted by Crippen LogP contribution is 2.31. The van der Waals surface area contributed by atoms with Crippen molar-refractivity contribution in [3.63, 3.8) is 0 Å². The topological polar surface area (TPSA) is 232 Å². The monoisotopic (exact) mass is 1100 g/mol. The van der Waals surface area contributed by atoms with E-state index in [1.165, 1.54) is 123 Å². The molecule has 0 radical (unpaired) electrons. The quantitative estimate of drug-likeness (QED) is 0.0258. The fourth-order valence-electron chi connectivity index (χ4n) is 9.52. The predicted molar refractivity (Wildman–Crippen MR) is 291 cm³/mol. The lowest BCUT2D eigenvalue weighted by Crippen LogP contribution is -2.63. The van der Waals surface area contributed by atoms with Crippen LogP contribution in [0.15, 0.2) is 12.2 Å². The van der Waals surface area contributed by atoms with Crippen LogP contribution in [0.5, 0.6) is 0 Å². The second kappa shape index (κ2) is 44.3. The molecule has 1 heterocycles. The number of nitrogens with one attached hydrogen (secondary N) is 1. The van der Waals surface area contributed by atoms with Gasteiger partial charge in [0, 0.05) is 48.5 Å². The number of ether oxygens (including phenoxy) is 9. The second-order valence-corrected chi connectivity index (χ2v) is 20.6. The van der Waals surface area contributed by atoms with E-state index in [0.29, 0.717) is 19.3 Å². The summed E-state index contributed by atoms with van der Waals surface area (Å²) in [6.45, 7) is 11.3. The molecule has 0 aliphatic carbocycles. The van der Waals surface area contributed by atoms with Crippen molar-refractivity contribution in [1.29, 1.82) is 0 Å². The number of amides is 1. The second-order valence-electron chi connectivity index (χ2n) is 20.6. The summed E-state index contributed by atoms with van der Waals surface area (Å²) < 4.78 is 51.7. The van der Waals surface area contributed by atoms with Gasteiger partial charge in [0.15, 0.2) is 36.8 Å². The highest BCUT2D eigenvalue weighted by molar-refractivity contribution is 5.83. The molecule has 0 saturated carbocycles. The maximum atomic E-state index is 14.4. The third-order valence-corrected chi connectivity index (χ3v) is 13.3. The molecule has 1 rings (SSSR count). The van der Waals surface area contributed by atoms with Crippen molar-refractivity contribution >= 4 is 47.7 Å². The summed E-state index contributed by atoms with van der Waals surface area (Å²) in [5.41, 5.74) is 0. The Morgan fingerprint density at radius 1 is 0.455 bits per heavy atom. The van der Waals surface area contributed by atoms with Crippen LogP contribution < -0.4 is 5.32 Å². The molecule has 0 aromatic rings. The molecule has 1 fully saturated rings. The normalized spacial score (nSPS) is 18.8. The molecule has 9 atom stereocenters. The van der Waals surface area contributed by atoms with Crippen molar-refractivity contribution in [1.82, 2.24) is 5.32 Å². The van der Waals surface area contributed by atoms with Gasteiger partial charge in [0.05, 0.1) is 12.6 Å². The minimum absolute atomic E-state index is 0.175. The number of hydrogen-bond donors (Lipinski definition) is 1. The van der Waals surface area contributed by atoms with Crippen LogP contribution in [-0.4, -0.2) is 116 Å². The van der Waals surface area contributed by atoms with E-state index >= 15 is 0 Å². The molecule has 0 spiro atoms. The van der Waals surface area contributed by atoms with Crippen molar-refractivity contribution < 1.29 is 81.0 Å². The smallest absolute Gasteiger partial charge is 0.303 e. The molecule has 18 nitrogen and oxygen atoms in total. The van der Waals surface area contributed by atoms with Crippen molar-refractivity contribution in [3.05, 3.63) is 12.2 Å². The van der Waals surface area contributed by atoms with Gasteiger partial charge in [0.1, 0.15) is 18.8 Å². The molecule has 0 unspecified atom stereocenters. The van der Waals surface area contributed by atoms with Crippen LogP contribution in [0, 0.1) is 0 Å². The molecule has 1 aliphatic heterocycles. The van der Waals surface area contributed by atoms with E-state index in [2.05, 4.69) is 31.3 Å². The maximum Gasteiger partial charge on any atom is 0.303 e. The minimum Gasteiger partial charge on any atom is -0.463 e. The number of esters is 7. The van der Waals surface area contributed by atoms with Gasteiger partial charge in [0.25, 0.3) is 5.91 Å². The summed E-state index contributed by atoms with van der Waals surface area (Å²) in [5, 5.41) is 2.85. The van der Waals surface area contributed by atoms with Crippen LogP contribution in [0.25, 0.3) is 0 Å². The van der Waals surface area contributed by atoms with Crippen LogP contribution in [-0.2, 0) is 81.0 Å². The molecule has 1 saturated heterocycles. The third kappa shape index (κ3) is 35.5. The Morgan fingerprint density at radius 2 is 0.883 bits per heavy atom. The molecule has 77 heavy (non-hydrogen) atoms. The third-order valence-electron chi connectivity index (χ3n) is 13.3. The van der Waals surface area contributed by atoms with Crippen molar-refractivity contribution in [2.75, 3.05) is 13.2 Å². The van der Waals surface area contributed by atoms with E-state index in [9.17, 15) is 38.4 Å². The first-order valence-electron chi connectivity index (χ1n) is 29.3. The van der Waals surface area contributed by atoms with Crippen molar-refractivity contribution in [2.45, 2.75) is 304 Å². The molecule has 0 aromatic heterocycles. The fraction of sp³-hybridized carbons (Fsp3) is 0.831. The van der Waals surface area contributed by atoms with Crippen molar-refractivity contribution in [3.8, 4) is 0 Å². The Morgan fingerprint density at radius 3 is 1.34 bits per heavy atom. The van der Waals surface area contributed by atoms with Gasteiger partial charge >= 0.3 is 41.8 Å². The number of allylic oxidation sites excluding steroid dienone is 2. The first kappa shape index (κ1) is 70.4. The van der Waals surface area contributed by atoms with Gasteiger partial charge in [-0.25, -0.2) is 0 Å². The lowest BCUT2D eigenvalue weighted by atomic mass is 9.97. The summed E-state index contributed by atoms with van der Waals surface area (Å²) in [7, 11) is 0. The lowest BCUT2D eigenvalue weighted by molar-refractivity contribution is -0.310. The Bertz CT molecular complexity index is 1700. The Kier molecular flexibility index (Phi) is 40.5. The van der Waals surface area contributed by atoms with Gasteiger partial charge in [-0.2, -0.15) is 0 Å².